The zero-order valence-electron chi connectivity index (χ0n) is 19.2. The lowest BCUT2D eigenvalue weighted by molar-refractivity contribution is -0.117. The van der Waals surface area contributed by atoms with E-state index in [1.807, 2.05) is 30.3 Å². The molecule has 1 atom stereocenters. The van der Waals surface area contributed by atoms with Crippen molar-refractivity contribution in [3.63, 3.8) is 0 Å². The second-order valence-electron chi connectivity index (χ2n) is 7.60. The van der Waals surface area contributed by atoms with Gasteiger partial charge in [0.1, 0.15) is 17.5 Å². The third kappa shape index (κ3) is 6.23. The number of aromatic nitrogens is 2. The van der Waals surface area contributed by atoms with E-state index in [0.29, 0.717) is 28.8 Å². The summed E-state index contributed by atoms with van der Waals surface area (Å²) in [7, 11) is 1.60. The van der Waals surface area contributed by atoms with Crippen LogP contribution in [0.5, 0.6) is 11.5 Å². The van der Waals surface area contributed by atoms with Gasteiger partial charge in [0.2, 0.25) is 11.8 Å². The van der Waals surface area contributed by atoms with E-state index in [2.05, 4.69) is 20.8 Å². The highest BCUT2D eigenvalue weighted by molar-refractivity contribution is 6.01. The van der Waals surface area contributed by atoms with Gasteiger partial charge in [-0.15, -0.1) is 10.2 Å². The average molecular weight is 473 g/mol. The number of amides is 2. The summed E-state index contributed by atoms with van der Waals surface area (Å²) in [6, 6.07) is 22.1. The monoisotopic (exact) mass is 472 g/mol. The van der Waals surface area contributed by atoms with Gasteiger partial charge in [0.25, 0.3) is 11.8 Å². The molecule has 0 aliphatic carbocycles. The smallest absolute Gasteiger partial charge is 0.254 e. The molecule has 0 aliphatic rings. The Labute approximate surface area is 202 Å². The molecule has 0 bridgehead atoms. The molecule has 9 heteroatoms. The Morgan fingerprint density at radius 2 is 1.71 bits per heavy atom. The minimum atomic E-state index is -0.734. The largest absolute Gasteiger partial charge is 0.497 e. The van der Waals surface area contributed by atoms with E-state index in [-0.39, 0.29) is 18.4 Å². The van der Waals surface area contributed by atoms with E-state index in [4.69, 9.17) is 13.9 Å². The highest BCUT2D eigenvalue weighted by Gasteiger charge is 2.17. The summed E-state index contributed by atoms with van der Waals surface area (Å²) in [6.07, 6.45) is 0. The lowest BCUT2D eigenvalue weighted by Crippen LogP contribution is -2.41. The lowest BCUT2D eigenvalue weighted by atomic mass is 10.2. The molecular weight excluding hydrogens is 448 g/mol. The third-order valence-corrected chi connectivity index (χ3v) is 5.04. The zero-order valence-corrected chi connectivity index (χ0v) is 19.2. The van der Waals surface area contributed by atoms with Crippen molar-refractivity contribution in [2.75, 3.05) is 12.4 Å². The standard InChI is InChI=1S/C26H24N4O5/c1-17(27-25(32)18-7-4-3-5-8-18)24(31)28-20-9-6-10-22(15-20)34-16-23-29-30-26(35-23)19-11-13-21(33-2)14-12-19/h3-15,17H,16H2,1-2H3,(H,27,32)(H,28,31)/t17-/m1/s1. The second kappa shape index (κ2) is 11.0. The molecule has 1 aromatic heterocycles. The summed E-state index contributed by atoms with van der Waals surface area (Å²) in [5.41, 5.74) is 1.78. The van der Waals surface area contributed by atoms with Gasteiger partial charge in [0, 0.05) is 22.9 Å². The molecule has 178 valence electrons. The number of carbonyl (C=O) groups excluding carboxylic acids is 2. The first kappa shape index (κ1) is 23.5. The van der Waals surface area contributed by atoms with Crippen LogP contribution in [0.3, 0.4) is 0 Å². The minimum absolute atomic E-state index is 0.0596. The molecule has 0 radical (unpaired) electrons. The van der Waals surface area contributed by atoms with Crippen LogP contribution >= 0.6 is 0 Å². The van der Waals surface area contributed by atoms with Crippen LogP contribution in [0.4, 0.5) is 5.69 Å². The molecule has 4 aromatic rings. The number of ether oxygens (including phenoxy) is 2. The van der Waals surface area contributed by atoms with E-state index >= 15 is 0 Å². The second-order valence-corrected chi connectivity index (χ2v) is 7.60. The van der Waals surface area contributed by atoms with Crippen LogP contribution in [0.2, 0.25) is 0 Å². The van der Waals surface area contributed by atoms with Gasteiger partial charge in [-0.1, -0.05) is 24.3 Å². The normalized spacial score (nSPS) is 11.4. The van der Waals surface area contributed by atoms with Gasteiger partial charge in [-0.25, -0.2) is 0 Å². The van der Waals surface area contributed by atoms with Crippen molar-refractivity contribution < 1.29 is 23.5 Å². The summed E-state index contributed by atoms with van der Waals surface area (Å²) >= 11 is 0. The molecule has 1 heterocycles. The van der Waals surface area contributed by atoms with E-state index in [9.17, 15) is 9.59 Å². The minimum Gasteiger partial charge on any atom is -0.497 e. The van der Waals surface area contributed by atoms with Crippen LogP contribution in [-0.4, -0.2) is 35.2 Å². The average Bonchev–Trinajstić information content (AvgIpc) is 3.37. The van der Waals surface area contributed by atoms with Crippen molar-refractivity contribution in [1.82, 2.24) is 15.5 Å². The number of nitrogens with zero attached hydrogens (tertiary/aromatic N) is 2. The van der Waals surface area contributed by atoms with Gasteiger partial charge in [-0.2, -0.15) is 0 Å². The van der Waals surface area contributed by atoms with Crippen LogP contribution in [0.1, 0.15) is 23.2 Å². The summed E-state index contributed by atoms with van der Waals surface area (Å²) in [5.74, 6) is 1.25. The van der Waals surface area contributed by atoms with Crippen LogP contribution in [0.15, 0.2) is 83.3 Å². The molecule has 0 saturated heterocycles. The quantitative estimate of drug-likeness (QED) is 0.377. The topological polar surface area (TPSA) is 116 Å². The molecule has 2 amide bonds. The molecule has 9 nitrogen and oxygen atoms in total. The van der Waals surface area contributed by atoms with Crippen molar-refractivity contribution in [2.45, 2.75) is 19.6 Å². The summed E-state index contributed by atoms with van der Waals surface area (Å²) in [6.45, 7) is 1.68. The summed E-state index contributed by atoms with van der Waals surface area (Å²) in [5, 5.41) is 13.5. The van der Waals surface area contributed by atoms with Crippen molar-refractivity contribution in [1.29, 1.82) is 0 Å². The Morgan fingerprint density at radius 1 is 0.943 bits per heavy atom. The first-order valence-corrected chi connectivity index (χ1v) is 10.9. The Kier molecular flexibility index (Phi) is 7.37. The lowest BCUT2D eigenvalue weighted by Gasteiger charge is -2.14. The van der Waals surface area contributed by atoms with Crippen molar-refractivity contribution in [3.05, 3.63) is 90.3 Å². The highest BCUT2D eigenvalue weighted by Crippen LogP contribution is 2.22. The Bertz CT molecular complexity index is 1290. The predicted octanol–water partition coefficient (Wildman–Crippen LogP) is 4.08. The fraction of sp³-hybridized carbons (Fsp3) is 0.154. The van der Waals surface area contributed by atoms with Crippen molar-refractivity contribution in [3.8, 4) is 23.0 Å². The molecule has 3 aromatic carbocycles. The fourth-order valence-corrected chi connectivity index (χ4v) is 3.16. The molecule has 0 unspecified atom stereocenters. The third-order valence-electron chi connectivity index (χ3n) is 5.04. The molecule has 4 rings (SSSR count). The number of hydrogen-bond donors (Lipinski definition) is 2. The van der Waals surface area contributed by atoms with Crippen LogP contribution in [0.25, 0.3) is 11.5 Å². The molecule has 0 fully saturated rings. The molecule has 0 saturated carbocycles. The van der Waals surface area contributed by atoms with E-state index in [1.54, 1.807) is 62.6 Å². The van der Waals surface area contributed by atoms with Crippen LogP contribution in [0, 0.1) is 0 Å². The number of benzene rings is 3. The van der Waals surface area contributed by atoms with Gasteiger partial charge in [-0.3, -0.25) is 9.59 Å². The van der Waals surface area contributed by atoms with Gasteiger partial charge in [0.05, 0.1) is 7.11 Å². The first-order chi connectivity index (χ1) is 17.0. The van der Waals surface area contributed by atoms with Gasteiger partial charge in [0.15, 0.2) is 6.61 Å². The van der Waals surface area contributed by atoms with Crippen LogP contribution < -0.4 is 20.1 Å². The van der Waals surface area contributed by atoms with Crippen molar-refractivity contribution in [2.24, 2.45) is 0 Å². The Balaban J connectivity index is 1.31. The zero-order chi connectivity index (χ0) is 24.6. The summed E-state index contributed by atoms with van der Waals surface area (Å²) < 4.78 is 16.6. The van der Waals surface area contributed by atoms with Crippen LogP contribution in [-0.2, 0) is 11.4 Å². The predicted molar refractivity (Wildman–Crippen MR) is 129 cm³/mol. The van der Waals surface area contributed by atoms with Gasteiger partial charge < -0.3 is 24.5 Å². The van der Waals surface area contributed by atoms with Crippen molar-refractivity contribution >= 4 is 17.5 Å². The number of hydrogen-bond acceptors (Lipinski definition) is 7. The molecular formula is C26H24N4O5. The number of nitrogens with one attached hydrogen (secondary N) is 2. The number of anilines is 1. The molecule has 35 heavy (non-hydrogen) atoms. The number of carbonyl (C=O) groups is 2. The Morgan fingerprint density at radius 3 is 2.46 bits per heavy atom. The highest BCUT2D eigenvalue weighted by atomic mass is 16.5. The van der Waals surface area contributed by atoms with Gasteiger partial charge >= 0.3 is 0 Å². The molecule has 0 aliphatic heterocycles. The SMILES string of the molecule is COc1ccc(-c2nnc(COc3cccc(NC(=O)[C@@H](C)NC(=O)c4ccccc4)c3)o2)cc1. The fourth-order valence-electron chi connectivity index (χ4n) is 3.16. The summed E-state index contributed by atoms with van der Waals surface area (Å²) in [4.78, 5) is 24.8. The number of rotatable bonds is 9. The molecule has 2 N–H and O–H groups in total. The maximum Gasteiger partial charge on any atom is 0.254 e. The maximum atomic E-state index is 12.5. The van der Waals surface area contributed by atoms with E-state index in [1.165, 1.54) is 0 Å². The first-order valence-electron chi connectivity index (χ1n) is 10.9. The van der Waals surface area contributed by atoms with E-state index in [0.717, 1.165) is 11.3 Å². The van der Waals surface area contributed by atoms with E-state index < -0.39 is 6.04 Å². The van der Waals surface area contributed by atoms with Gasteiger partial charge in [-0.05, 0) is 55.5 Å². The molecule has 0 spiro atoms. The number of methoxy groups -OCH3 is 1. The Hall–Kier alpha value is -4.66. The maximum absolute atomic E-state index is 12.5.